The monoisotopic (exact) mass is 323 g/mol. The van der Waals surface area contributed by atoms with Crippen molar-refractivity contribution in [3.8, 4) is 0 Å². The van der Waals surface area contributed by atoms with E-state index in [9.17, 15) is 5.11 Å². The van der Waals surface area contributed by atoms with Crippen LogP contribution in [-0.2, 0) is 0 Å². The number of piperazine rings is 1. The van der Waals surface area contributed by atoms with E-state index < -0.39 is 6.10 Å². The minimum atomic E-state index is -0.444. The minimum Gasteiger partial charge on any atom is -0.388 e. The fourth-order valence-corrected chi connectivity index (χ4v) is 3.62. The predicted molar refractivity (Wildman–Crippen MR) is 88.6 cm³/mol. The third kappa shape index (κ3) is 3.15. The van der Waals surface area contributed by atoms with Crippen LogP contribution in [0, 0.1) is 0 Å². The van der Waals surface area contributed by atoms with Gasteiger partial charge in [-0.2, -0.15) is 0 Å². The smallest absolute Gasteiger partial charge is 0.185 e. The van der Waals surface area contributed by atoms with Crippen LogP contribution in [-0.4, -0.2) is 36.3 Å². The van der Waals surface area contributed by atoms with Gasteiger partial charge >= 0.3 is 0 Å². The zero-order chi connectivity index (χ0) is 14.8. The van der Waals surface area contributed by atoms with E-state index in [0.29, 0.717) is 0 Å². The van der Waals surface area contributed by atoms with Gasteiger partial charge in [0.1, 0.15) is 0 Å². The summed E-state index contributed by atoms with van der Waals surface area (Å²) < 4.78 is 0. The first-order valence-electron chi connectivity index (χ1n) is 7.03. The fourth-order valence-electron chi connectivity index (χ4n) is 2.46. The van der Waals surface area contributed by atoms with Gasteiger partial charge in [-0.3, -0.25) is 0 Å². The third-order valence-corrected chi connectivity index (χ3v) is 5.21. The van der Waals surface area contributed by atoms with Gasteiger partial charge in [-0.15, -0.1) is 0 Å². The molecule has 1 saturated heterocycles. The lowest BCUT2D eigenvalue weighted by molar-refractivity contribution is 0.203. The van der Waals surface area contributed by atoms with E-state index in [0.717, 1.165) is 46.9 Å². The van der Waals surface area contributed by atoms with Crippen molar-refractivity contribution in [2.45, 2.75) is 13.0 Å². The van der Waals surface area contributed by atoms with Crippen LogP contribution >= 0.6 is 22.9 Å². The molecule has 1 aromatic heterocycles. The Bertz CT molecular complexity index is 608. The molecule has 3 rings (SSSR count). The number of anilines is 2. The highest BCUT2D eigenvalue weighted by Crippen LogP contribution is 2.30. The Balaban J connectivity index is 1.66. The molecule has 1 unspecified atom stereocenters. The number of thiazole rings is 1. The lowest BCUT2D eigenvalue weighted by Gasteiger charge is -2.36. The van der Waals surface area contributed by atoms with Crippen LogP contribution in [0.1, 0.15) is 17.9 Å². The molecule has 112 valence electrons. The van der Waals surface area contributed by atoms with Crippen molar-refractivity contribution >= 4 is 33.8 Å². The maximum atomic E-state index is 9.59. The van der Waals surface area contributed by atoms with Crippen molar-refractivity contribution in [2.75, 3.05) is 36.0 Å². The van der Waals surface area contributed by atoms with Crippen LogP contribution in [0.4, 0.5) is 10.8 Å². The molecule has 1 atom stereocenters. The summed E-state index contributed by atoms with van der Waals surface area (Å²) in [6.45, 7) is 5.45. The molecule has 0 aliphatic carbocycles. The highest BCUT2D eigenvalue weighted by molar-refractivity contribution is 7.15. The Labute approximate surface area is 133 Å². The Hall–Kier alpha value is -1.30. The maximum Gasteiger partial charge on any atom is 0.185 e. The van der Waals surface area contributed by atoms with Gasteiger partial charge in [0.15, 0.2) is 5.13 Å². The summed E-state index contributed by atoms with van der Waals surface area (Å²) in [6.07, 6.45) is 1.33. The summed E-state index contributed by atoms with van der Waals surface area (Å²) in [5.74, 6) is 0. The largest absolute Gasteiger partial charge is 0.388 e. The average molecular weight is 324 g/mol. The molecule has 1 N–H and O–H groups in total. The second-order valence-electron chi connectivity index (χ2n) is 5.15. The Morgan fingerprint density at radius 1 is 1.19 bits per heavy atom. The number of rotatable bonds is 3. The molecule has 0 amide bonds. The number of nitrogens with zero attached hydrogens (tertiary/aromatic N) is 3. The highest BCUT2D eigenvalue weighted by Gasteiger charge is 2.21. The Morgan fingerprint density at radius 3 is 2.48 bits per heavy atom. The van der Waals surface area contributed by atoms with Crippen molar-refractivity contribution in [3.63, 3.8) is 0 Å². The van der Waals surface area contributed by atoms with Crippen molar-refractivity contribution in [3.05, 3.63) is 40.4 Å². The molecule has 1 fully saturated rings. The molecule has 4 nitrogen and oxygen atoms in total. The summed E-state index contributed by atoms with van der Waals surface area (Å²) >= 11 is 7.82. The van der Waals surface area contributed by atoms with E-state index in [1.807, 2.05) is 18.2 Å². The van der Waals surface area contributed by atoms with Crippen LogP contribution < -0.4 is 9.80 Å². The quantitative estimate of drug-likeness (QED) is 0.941. The van der Waals surface area contributed by atoms with Crippen molar-refractivity contribution in [1.29, 1.82) is 0 Å². The van der Waals surface area contributed by atoms with Crippen molar-refractivity contribution in [2.24, 2.45) is 0 Å². The highest BCUT2D eigenvalue weighted by atomic mass is 35.5. The van der Waals surface area contributed by atoms with E-state index in [4.69, 9.17) is 11.6 Å². The van der Waals surface area contributed by atoms with Crippen LogP contribution in [0.3, 0.4) is 0 Å². The second-order valence-corrected chi connectivity index (χ2v) is 6.59. The molecular weight excluding hydrogens is 306 g/mol. The first-order valence-corrected chi connectivity index (χ1v) is 8.23. The zero-order valence-corrected chi connectivity index (χ0v) is 13.4. The normalized spacial score (nSPS) is 17.1. The lowest BCUT2D eigenvalue weighted by Crippen LogP contribution is -2.46. The third-order valence-electron chi connectivity index (χ3n) is 3.67. The number of aliphatic hydroxyl groups is 1. The van der Waals surface area contributed by atoms with Crippen LogP contribution in [0.2, 0.25) is 5.02 Å². The van der Waals surface area contributed by atoms with Gasteiger partial charge in [0, 0.05) is 32.4 Å². The van der Waals surface area contributed by atoms with Gasteiger partial charge in [0.05, 0.1) is 21.7 Å². The molecule has 2 heterocycles. The molecule has 21 heavy (non-hydrogen) atoms. The Morgan fingerprint density at radius 2 is 1.86 bits per heavy atom. The first kappa shape index (κ1) is 14.6. The molecule has 0 spiro atoms. The van der Waals surface area contributed by atoms with Gasteiger partial charge in [0.25, 0.3) is 0 Å². The first-order chi connectivity index (χ1) is 10.1. The summed E-state index contributed by atoms with van der Waals surface area (Å²) in [5.41, 5.74) is 1.10. The molecule has 1 aromatic carbocycles. The Kier molecular flexibility index (Phi) is 4.33. The predicted octanol–water partition coefficient (Wildman–Crippen LogP) is 3.18. The van der Waals surface area contributed by atoms with Crippen LogP contribution in [0.25, 0.3) is 0 Å². The second kappa shape index (κ2) is 6.22. The van der Waals surface area contributed by atoms with Gasteiger partial charge in [-0.25, -0.2) is 4.98 Å². The van der Waals surface area contributed by atoms with Gasteiger partial charge < -0.3 is 14.9 Å². The average Bonchev–Trinajstić information content (AvgIpc) is 2.98. The van der Waals surface area contributed by atoms with E-state index >= 15 is 0 Å². The summed E-state index contributed by atoms with van der Waals surface area (Å²) in [6, 6.07) is 7.96. The molecule has 0 bridgehead atoms. The molecule has 1 aliphatic rings. The minimum absolute atomic E-state index is 0.444. The van der Waals surface area contributed by atoms with Gasteiger partial charge in [0.2, 0.25) is 0 Å². The molecule has 0 saturated carbocycles. The van der Waals surface area contributed by atoms with E-state index in [1.165, 1.54) is 0 Å². The van der Waals surface area contributed by atoms with Gasteiger partial charge in [-0.05, 0) is 19.1 Å². The van der Waals surface area contributed by atoms with Crippen LogP contribution in [0.15, 0.2) is 30.5 Å². The number of hydrogen-bond acceptors (Lipinski definition) is 5. The number of para-hydroxylation sites is 1. The molecule has 1 aliphatic heterocycles. The van der Waals surface area contributed by atoms with Crippen LogP contribution in [0.5, 0.6) is 0 Å². The van der Waals surface area contributed by atoms with E-state index in [2.05, 4.69) is 20.9 Å². The summed E-state index contributed by atoms with van der Waals surface area (Å²) in [5, 5.41) is 11.4. The maximum absolute atomic E-state index is 9.59. The summed E-state index contributed by atoms with van der Waals surface area (Å²) in [7, 11) is 0. The molecule has 0 radical (unpaired) electrons. The molecule has 6 heteroatoms. The van der Waals surface area contributed by atoms with Crippen molar-refractivity contribution < 1.29 is 5.11 Å². The standard InChI is InChI=1S/C15H18ClN3OS/c1-11(20)14-10-17-15(21-14)19-8-6-18(7-9-19)13-5-3-2-4-12(13)16/h2-5,10-11,20H,6-9H2,1H3. The number of aliphatic hydroxyl groups excluding tert-OH is 1. The number of halogens is 1. The fraction of sp³-hybridized carbons (Fsp3) is 0.400. The SMILES string of the molecule is CC(O)c1cnc(N2CCN(c3ccccc3Cl)CC2)s1. The van der Waals surface area contributed by atoms with Crippen molar-refractivity contribution in [1.82, 2.24) is 4.98 Å². The number of aromatic nitrogens is 1. The van der Waals surface area contributed by atoms with Gasteiger partial charge in [-0.1, -0.05) is 35.1 Å². The molecular formula is C15H18ClN3OS. The van der Waals surface area contributed by atoms with E-state index in [-0.39, 0.29) is 0 Å². The zero-order valence-electron chi connectivity index (χ0n) is 11.9. The van der Waals surface area contributed by atoms with E-state index in [1.54, 1.807) is 24.5 Å². The topological polar surface area (TPSA) is 39.6 Å². The summed E-state index contributed by atoms with van der Waals surface area (Å²) in [4.78, 5) is 9.91. The molecule has 2 aromatic rings. The lowest BCUT2D eigenvalue weighted by atomic mass is 10.2. The number of hydrogen-bond donors (Lipinski definition) is 1. The number of benzene rings is 1.